The largest absolute Gasteiger partial charge is 0.507 e. The van der Waals surface area contributed by atoms with E-state index in [1.165, 1.54) is 5.57 Å². The molecule has 4 rings (SSSR count). The number of allylic oxidation sites excluding steroid dienone is 2. The van der Waals surface area contributed by atoms with E-state index < -0.39 is 5.97 Å². The minimum absolute atomic E-state index is 0.0124. The molecule has 0 amide bonds. The molecule has 152 valence electrons. The molecule has 1 aliphatic carbocycles. The lowest BCUT2D eigenvalue weighted by Gasteiger charge is -2.46. The van der Waals surface area contributed by atoms with Gasteiger partial charge in [0.05, 0.1) is 0 Å². The van der Waals surface area contributed by atoms with Gasteiger partial charge in [0.25, 0.3) is 0 Å². The quantitative estimate of drug-likeness (QED) is 0.676. The minimum atomic E-state index is -1.09. The number of hydrogen-bond acceptors (Lipinski definition) is 3. The van der Waals surface area contributed by atoms with Crippen LogP contribution in [-0.4, -0.2) is 21.8 Å². The van der Waals surface area contributed by atoms with Crippen LogP contribution in [0.15, 0.2) is 48.0 Å². The fourth-order valence-electron chi connectivity index (χ4n) is 4.97. The standard InChI is InChI=1S/C25H28O4/c1-15-9-12-19-18(13-15)22-20(29-25(19,2)3)14-17(21(23(22)26)24(27)28)11-10-16-7-5-4-6-8-16/h4-8,13-14,18-19,26H,9-12H2,1-3H3,(H,27,28). The predicted octanol–water partition coefficient (Wildman–Crippen LogP) is 5.49. The molecule has 0 fully saturated rings. The van der Waals surface area contributed by atoms with Gasteiger partial charge in [-0.1, -0.05) is 42.0 Å². The molecule has 0 spiro atoms. The molecule has 4 nitrogen and oxygen atoms in total. The summed E-state index contributed by atoms with van der Waals surface area (Å²) in [6.07, 6.45) is 5.39. The zero-order chi connectivity index (χ0) is 20.8. The molecule has 0 radical (unpaired) electrons. The SMILES string of the molecule is CC1=CC2c3c(cc(CCc4ccccc4)c(C(=O)O)c3O)OC(C)(C)C2CC1. The molecule has 4 heteroatoms. The monoisotopic (exact) mass is 392 g/mol. The Morgan fingerprint density at radius 1 is 1.21 bits per heavy atom. The van der Waals surface area contributed by atoms with Crippen molar-refractivity contribution in [1.29, 1.82) is 0 Å². The summed E-state index contributed by atoms with van der Waals surface area (Å²) in [7, 11) is 0. The number of aromatic carboxylic acids is 1. The topological polar surface area (TPSA) is 66.8 Å². The third-order valence-corrected chi connectivity index (χ3v) is 6.47. The number of carboxylic acids is 1. The number of rotatable bonds is 4. The van der Waals surface area contributed by atoms with Crippen LogP contribution in [0.3, 0.4) is 0 Å². The van der Waals surface area contributed by atoms with Gasteiger partial charge in [-0.05, 0) is 63.6 Å². The van der Waals surface area contributed by atoms with Crippen LogP contribution in [-0.2, 0) is 12.8 Å². The number of benzene rings is 2. The lowest BCUT2D eigenvalue weighted by atomic mass is 9.67. The van der Waals surface area contributed by atoms with Crippen molar-refractivity contribution in [3.05, 3.63) is 70.3 Å². The van der Waals surface area contributed by atoms with Gasteiger partial charge < -0.3 is 14.9 Å². The van der Waals surface area contributed by atoms with Crippen molar-refractivity contribution in [2.75, 3.05) is 0 Å². The van der Waals surface area contributed by atoms with Gasteiger partial charge in [-0.3, -0.25) is 0 Å². The van der Waals surface area contributed by atoms with Crippen LogP contribution < -0.4 is 4.74 Å². The van der Waals surface area contributed by atoms with Crippen molar-refractivity contribution in [2.45, 2.75) is 58.0 Å². The zero-order valence-electron chi connectivity index (χ0n) is 17.2. The van der Waals surface area contributed by atoms with Gasteiger partial charge in [0.1, 0.15) is 22.7 Å². The fourth-order valence-corrected chi connectivity index (χ4v) is 4.97. The second-order valence-corrected chi connectivity index (χ2v) is 8.85. The fraction of sp³-hybridized carbons (Fsp3) is 0.400. The average molecular weight is 392 g/mol. The number of carbonyl (C=O) groups is 1. The normalized spacial score (nSPS) is 22.1. The molecule has 1 heterocycles. The first-order chi connectivity index (χ1) is 13.8. The number of fused-ring (bicyclic) bond motifs is 3. The van der Waals surface area contributed by atoms with Crippen molar-refractivity contribution < 1.29 is 19.7 Å². The van der Waals surface area contributed by atoms with E-state index in [0.717, 1.165) is 18.4 Å². The number of phenols is 1. The van der Waals surface area contributed by atoms with Crippen LogP contribution in [0.4, 0.5) is 0 Å². The number of carboxylic acid groups (broad SMARTS) is 1. The van der Waals surface area contributed by atoms with Gasteiger partial charge in [-0.15, -0.1) is 0 Å². The number of hydrogen-bond donors (Lipinski definition) is 2. The maximum Gasteiger partial charge on any atom is 0.339 e. The average Bonchev–Trinajstić information content (AvgIpc) is 2.65. The Kier molecular flexibility index (Phi) is 4.89. The number of aromatic hydroxyl groups is 1. The van der Waals surface area contributed by atoms with Crippen LogP contribution in [0.1, 0.15) is 66.6 Å². The van der Waals surface area contributed by atoms with E-state index in [1.807, 2.05) is 36.4 Å². The van der Waals surface area contributed by atoms with Crippen LogP contribution in [0.25, 0.3) is 0 Å². The summed E-state index contributed by atoms with van der Waals surface area (Å²) in [5.74, 6) is -0.418. The first kappa shape index (κ1) is 19.6. The van der Waals surface area contributed by atoms with Crippen LogP contribution >= 0.6 is 0 Å². The Bertz CT molecular complexity index is 972. The van der Waals surface area contributed by atoms with Crippen molar-refractivity contribution in [3.63, 3.8) is 0 Å². The van der Waals surface area contributed by atoms with Gasteiger partial charge >= 0.3 is 5.97 Å². The Morgan fingerprint density at radius 3 is 2.62 bits per heavy atom. The molecule has 0 saturated carbocycles. The Labute approximate surface area is 171 Å². The van der Waals surface area contributed by atoms with Crippen LogP contribution in [0.2, 0.25) is 0 Å². The highest BCUT2D eigenvalue weighted by Gasteiger charge is 2.46. The Morgan fingerprint density at radius 2 is 1.93 bits per heavy atom. The van der Waals surface area contributed by atoms with E-state index in [4.69, 9.17) is 4.74 Å². The second kappa shape index (κ2) is 7.25. The van der Waals surface area contributed by atoms with E-state index >= 15 is 0 Å². The second-order valence-electron chi connectivity index (χ2n) is 8.85. The summed E-state index contributed by atoms with van der Waals surface area (Å²) < 4.78 is 6.35. The zero-order valence-corrected chi connectivity index (χ0v) is 17.2. The maximum atomic E-state index is 12.1. The summed E-state index contributed by atoms with van der Waals surface area (Å²) in [5, 5.41) is 21.0. The van der Waals surface area contributed by atoms with Crippen molar-refractivity contribution >= 4 is 5.97 Å². The molecule has 2 aliphatic rings. The molecule has 2 unspecified atom stereocenters. The summed E-state index contributed by atoms with van der Waals surface area (Å²) in [6, 6.07) is 11.8. The third kappa shape index (κ3) is 3.52. The van der Waals surface area contributed by atoms with E-state index in [9.17, 15) is 15.0 Å². The van der Waals surface area contributed by atoms with Gasteiger partial charge in [0.15, 0.2) is 0 Å². The highest BCUT2D eigenvalue weighted by molar-refractivity contribution is 5.94. The molecular weight excluding hydrogens is 364 g/mol. The highest BCUT2D eigenvalue weighted by Crippen LogP contribution is 2.54. The van der Waals surface area contributed by atoms with E-state index in [2.05, 4.69) is 26.8 Å². The van der Waals surface area contributed by atoms with Gasteiger partial charge in [0, 0.05) is 17.4 Å². The first-order valence-electron chi connectivity index (χ1n) is 10.3. The summed E-state index contributed by atoms with van der Waals surface area (Å²) in [6.45, 7) is 6.28. The molecule has 1 aliphatic heterocycles. The number of aryl methyl sites for hydroxylation is 2. The Balaban J connectivity index is 1.81. The van der Waals surface area contributed by atoms with Crippen molar-refractivity contribution in [3.8, 4) is 11.5 Å². The predicted molar refractivity (Wildman–Crippen MR) is 113 cm³/mol. The minimum Gasteiger partial charge on any atom is -0.507 e. The molecule has 0 bridgehead atoms. The van der Waals surface area contributed by atoms with Crippen LogP contribution in [0.5, 0.6) is 11.5 Å². The maximum absolute atomic E-state index is 12.1. The number of ether oxygens (including phenoxy) is 1. The molecule has 2 aromatic carbocycles. The summed E-state index contributed by atoms with van der Waals surface area (Å²) in [4.78, 5) is 12.1. The highest BCUT2D eigenvalue weighted by atomic mass is 16.5. The van der Waals surface area contributed by atoms with Crippen LogP contribution in [0, 0.1) is 5.92 Å². The van der Waals surface area contributed by atoms with E-state index in [0.29, 0.717) is 29.7 Å². The molecular formula is C25H28O4. The molecule has 2 N–H and O–H groups in total. The lowest BCUT2D eigenvalue weighted by Crippen LogP contribution is -2.45. The summed E-state index contributed by atoms with van der Waals surface area (Å²) in [5.41, 5.74) is 3.30. The molecule has 0 saturated heterocycles. The Hall–Kier alpha value is -2.75. The molecule has 2 atom stereocenters. The lowest BCUT2D eigenvalue weighted by molar-refractivity contribution is 0.0106. The first-order valence-corrected chi connectivity index (χ1v) is 10.3. The summed E-state index contributed by atoms with van der Waals surface area (Å²) >= 11 is 0. The van der Waals surface area contributed by atoms with Crippen molar-refractivity contribution in [2.24, 2.45) is 5.92 Å². The molecule has 0 aromatic heterocycles. The smallest absolute Gasteiger partial charge is 0.339 e. The molecule has 2 aromatic rings. The third-order valence-electron chi connectivity index (χ3n) is 6.47. The van der Waals surface area contributed by atoms with Gasteiger partial charge in [-0.2, -0.15) is 0 Å². The molecule has 29 heavy (non-hydrogen) atoms. The van der Waals surface area contributed by atoms with E-state index in [-0.39, 0.29) is 28.7 Å². The van der Waals surface area contributed by atoms with E-state index in [1.54, 1.807) is 0 Å². The van der Waals surface area contributed by atoms with Gasteiger partial charge in [-0.25, -0.2) is 4.79 Å². The van der Waals surface area contributed by atoms with Gasteiger partial charge in [0.2, 0.25) is 0 Å². The van der Waals surface area contributed by atoms with Crippen molar-refractivity contribution in [1.82, 2.24) is 0 Å².